The number of halogens is 1. The monoisotopic (exact) mass is 381 g/mol. The topological polar surface area (TPSA) is 96.9 Å². The Bertz CT molecular complexity index is 1110. The lowest BCUT2D eigenvalue weighted by atomic mass is 9.92. The summed E-state index contributed by atoms with van der Waals surface area (Å²) in [6.07, 6.45) is 7.83. The summed E-state index contributed by atoms with van der Waals surface area (Å²) in [5.74, 6) is 0. The summed E-state index contributed by atoms with van der Waals surface area (Å²) in [5, 5.41) is 16.6. The molecule has 3 aromatic heterocycles. The van der Waals surface area contributed by atoms with Gasteiger partial charge in [-0.3, -0.25) is 5.10 Å². The molecule has 0 atom stereocenters. The summed E-state index contributed by atoms with van der Waals surface area (Å²) in [6.45, 7) is 0. The lowest BCUT2D eigenvalue weighted by Gasteiger charge is -2.27. The van der Waals surface area contributed by atoms with Crippen LogP contribution in [0.5, 0.6) is 0 Å². The van der Waals surface area contributed by atoms with Gasteiger partial charge in [-0.05, 0) is 37.8 Å². The van der Waals surface area contributed by atoms with Crippen LogP contribution >= 0.6 is 11.6 Å². The minimum absolute atomic E-state index is 0.319. The van der Waals surface area contributed by atoms with Gasteiger partial charge in [0.25, 0.3) is 0 Å². The third kappa shape index (κ3) is 3.02. The SMILES string of the molecule is NC1CCC(Nc2cc(Cl)nn3c(-c4ccc5[nH]ncc5c4)cnc23)CC1. The molecule has 1 aliphatic rings. The average molecular weight is 382 g/mol. The first kappa shape index (κ1) is 16.5. The molecule has 3 heterocycles. The average Bonchev–Trinajstić information content (AvgIpc) is 3.29. The number of H-pyrrole nitrogens is 1. The Morgan fingerprint density at radius 1 is 1.15 bits per heavy atom. The number of anilines is 1. The van der Waals surface area contributed by atoms with Gasteiger partial charge < -0.3 is 11.1 Å². The highest BCUT2D eigenvalue weighted by molar-refractivity contribution is 6.29. The van der Waals surface area contributed by atoms with Crippen molar-refractivity contribution >= 4 is 33.8 Å². The van der Waals surface area contributed by atoms with Crippen LogP contribution in [0, 0.1) is 0 Å². The zero-order chi connectivity index (χ0) is 18.4. The van der Waals surface area contributed by atoms with Gasteiger partial charge in [0, 0.05) is 29.1 Å². The number of benzene rings is 1. The fraction of sp³-hybridized carbons (Fsp3) is 0.316. The van der Waals surface area contributed by atoms with Crippen LogP contribution in [0.15, 0.2) is 36.7 Å². The summed E-state index contributed by atoms with van der Waals surface area (Å²) in [7, 11) is 0. The minimum Gasteiger partial charge on any atom is -0.379 e. The van der Waals surface area contributed by atoms with Gasteiger partial charge in [0.2, 0.25) is 0 Å². The lowest BCUT2D eigenvalue weighted by Crippen LogP contribution is -2.32. The number of hydrogen-bond donors (Lipinski definition) is 3. The first-order valence-electron chi connectivity index (χ1n) is 9.17. The van der Waals surface area contributed by atoms with Crippen molar-refractivity contribution in [2.24, 2.45) is 5.73 Å². The van der Waals surface area contributed by atoms with Crippen LogP contribution in [0.4, 0.5) is 5.69 Å². The smallest absolute Gasteiger partial charge is 0.177 e. The largest absolute Gasteiger partial charge is 0.379 e. The number of hydrogen-bond acceptors (Lipinski definition) is 5. The highest BCUT2D eigenvalue weighted by Crippen LogP contribution is 2.29. The summed E-state index contributed by atoms with van der Waals surface area (Å²) in [4.78, 5) is 4.62. The summed E-state index contributed by atoms with van der Waals surface area (Å²) < 4.78 is 1.81. The van der Waals surface area contributed by atoms with E-state index in [1.807, 2.05) is 30.6 Å². The number of imidazole rings is 1. The first-order chi connectivity index (χ1) is 13.2. The van der Waals surface area contributed by atoms with Gasteiger partial charge in [-0.2, -0.15) is 10.2 Å². The van der Waals surface area contributed by atoms with Gasteiger partial charge >= 0.3 is 0 Å². The molecule has 1 saturated carbocycles. The van der Waals surface area contributed by atoms with E-state index in [1.165, 1.54) is 0 Å². The van der Waals surface area contributed by atoms with Gasteiger partial charge in [0.15, 0.2) is 10.8 Å². The fourth-order valence-electron chi connectivity index (χ4n) is 3.83. The Kier molecular flexibility index (Phi) is 3.98. The molecule has 1 aliphatic carbocycles. The molecule has 0 bridgehead atoms. The number of fused-ring (bicyclic) bond motifs is 2. The molecular weight excluding hydrogens is 362 g/mol. The van der Waals surface area contributed by atoms with Crippen molar-refractivity contribution in [3.05, 3.63) is 41.8 Å². The number of rotatable bonds is 3. The Labute approximate surface area is 160 Å². The molecule has 0 aliphatic heterocycles. The Hall–Kier alpha value is -2.64. The second kappa shape index (κ2) is 6.51. The number of aromatic nitrogens is 5. The van der Waals surface area contributed by atoms with Crippen LogP contribution in [-0.4, -0.2) is 36.9 Å². The maximum atomic E-state index is 6.32. The van der Waals surface area contributed by atoms with Crippen molar-refractivity contribution < 1.29 is 0 Å². The van der Waals surface area contributed by atoms with Crippen molar-refractivity contribution in [2.75, 3.05) is 5.32 Å². The molecule has 0 amide bonds. The second-order valence-electron chi connectivity index (χ2n) is 7.19. The number of nitrogens with two attached hydrogens (primary N) is 1. The normalized spacial score (nSPS) is 20.4. The maximum Gasteiger partial charge on any atom is 0.177 e. The molecule has 0 radical (unpaired) electrons. The van der Waals surface area contributed by atoms with E-state index in [0.29, 0.717) is 17.2 Å². The van der Waals surface area contributed by atoms with E-state index in [4.69, 9.17) is 17.3 Å². The molecule has 27 heavy (non-hydrogen) atoms. The van der Waals surface area contributed by atoms with Crippen LogP contribution < -0.4 is 11.1 Å². The molecule has 0 saturated heterocycles. The van der Waals surface area contributed by atoms with Crippen LogP contribution in [0.25, 0.3) is 27.8 Å². The molecule has 0 unspecified atom stereocenters. The van der Waals surface area contributed by atoms with Crippen molar-refractivity contribution in [3.8, 4) is 11.3 Å². The molecule has 8 heteroatoms. The highest BCUT2D eigenvalue weighted by atomic mass is 35.5. The van der Waals surface area contributed by atoms with Crippen LogP contribution in [0.2, 0.25) is 5.15 Å². The van der Waals surface area contributed by atoms with Crippen LogP contribution in [-0.2, 0) is 0 Å². The summed E-state index contributed by atoms with van der Waals surface area (Å²) in [5.41, 5.74) is 10.6. The number of nitrogens with one attached hydrogen (secondary N) is 2. The van der Waals surface area contributed by atoms with Crippen molar-refractivity contribution in [1.29, 1.82) is 0 Å². The minimum atomic E-state index is 0.319. The predicted molar refractivity (Wildman–Crippen MR) is 107 cm³/mol. The standard InChI is InChI=1S/C19H20ClN7/c20-18-8-16(24-14-4-2-13(21)3-5-14)19-22-10-17(27(19)26-18)11-1-6-15-12(7-11)9-23-25-15/h1,6-10,13-14,24H,2-5,21H2,(H,23,25). The zero-order valence-electron chi connectivity index (χ0n) is 14.7. The van der Waals surface area contributed by atoms with Gasteiger partial charge in [0.1, 0.15) is 0 Å². The molecule has 138 valence electrons. The quantitative estimate of drug-likeness (QED) is 0.503. The molecule has 7 nitrogen and oxygen atoms in total. The van der Waals surface area contributed by atoms with Gasteiger partial charge in [-0.25, -0.2) is 9.50 Å². The fourth-order valence-corrected chi connectivity index (χ4v) is 4.01. The highest BCUT2D eigenvalue weighted by Gasteiger charge is 2.20. The third-order valence-corrected chi connectivity index (χ3v) is 5.49. The van der Waals surface area contributed by atoms with Gasteiger partial charge in [-0.15, -0.1) is 0 Å². The maximum absolute atomic E-state index is 6.32. The summed E-state index contributed by atoms with van der Waals surface area (Å²) in [6, 6.07) is 8.66. The molecule has 1 aromatic carbocycles. The molecule has 5 rings (SSSR count). The van der Waals surface area contributed by atoms with E-state index >= 15 is 0 Å². The molecule has 4 N–H and O–H groups in total. The summed E-state index contributed by atoms with van der Waals surface area (Å²) >= 11 is 6.32. The lowest BCUT2D eigenvalue weighted by molar-refractivity contribution is 0.411. The second-order valence-corrected chi connectivity index (χ2v) is 7.57. The third-order valence-electron chi connectivity index (χ3n) is 5.31. The van der Waals surface area contributed by atoms with Gasteiger partial charge in [0.05, 0.1) is 29.3 Å². The Morgan fingerprint density at radius 2 is 2.00 bits per heavy atom. The van der Waals surface area contributed by atoms with E-state index in [1.54, 1.807) is 4.52 Å². The Balaban J connectivity index is 1.54. The van der Waals surface area contributed by atoms with E-state index in [2.05, 4.69) is 31.7 Å². The van der Waals surface area contributed by atoms with Crippen molar-refractivity contribution in [3.63, 3.8) is 0 Å². The number of nitrogens with zero attached hydrogens (tertiary/aromatic N) is 4. The van der Waals surface area contributed by atoms with Crippen molar-refractivity contribution in [2.45, 2.75) is 37.8 Å². The molecule has 0 spiro atoms. The van der Waals surface area contributed by atoms with E-state index in [0.717, 1.165) is 59.2 Å². The van der Waals surface area contributed by atoms with Gasteiger partial charge in [-0.1, -0.05) is 17.7 Å². The van der Waals surface area contributed by atoms with Crippen LogP contribution in [0.3, 0.4) is 0 Å². The number of aromatic amines is 1. The van der Waals surface area contributed by atoms with E-state index < -0.39 is 0 Å². The molecular formula is C19H20ClN7. The van der Waals surface area contributed by atoms with E-state index in [-0.39, 0.29) is 0 Å². The molecule has 4 aromatic rings. The van der Waals surface area contributed by atoms with E-state index in [9.17, 15) is 0 Å². The first-order valence-corrected chi connectivity index (χ1v) is 9.55. The van der Waals surface area contributed by atoms with Crippen molar-refractivity contribution in [1.82, 2.24) is 24.8 Å². The zero-order valence-corrected chi connectivity index (χ0v) is 15.4. The predicted octanol–water partition coefficient (Wildman–Crippen LogP) is 3.61. The van der Waals surface area contributed by atoms with Crippen LogP contribution in [0.1, 0.15) is 25.7 Å². The molecule has 1 fully saturated rings. The Morgan fingerprint density at radius 3 is 2.85 bits per heavy atom.